The minimum Gasteiger partial charge on any atom is -0.322 e. The van der Waals surface area contributed by atoms with Crippen LogP contribution in [0.2, 0.25) is 0 Å². The molecule has 0 spiro atoms. The highest BCUT2D eigenvalue weighted by molar-refractivity contribution is 5.84. The van der Waals surface area contributed by atoms with Crippen molar-refractivity contribution in [1.82, 2.24) is 5.43 Å². The standard InChI is InChI=1S/C16H18N4/c17-19-16(13-15-9-5-2-6-10-15)20-18-12-11-14-7-3-1-4-8-14/h1-10,12H,11,13,17H2,(H,19,20)/b18-12-. The molecule has 3 N–H and O–H groups in total. The van der Waals surface area contributed by atoms with E-state index in [1.165, 1.54) is 5.56 Å². The highest BCUT2D eigenvalue weighted by Crippen LogP contribution is 2.00. The Morgan fingerprint density at radius 3 is 2.15 bits per heavy atom. The third-order valence-electron chi connectivity index (χ3n) is 2.82. The maximum atomic E-state index is 5.37. The molecule has 0 amide bonds. The second-order valence-electron chi connectivity index (χ2n) is 4.35. The van der Waals surface area contributed by atoms with E-state index in [-0.39, 0.29) is 0 Å². The van der Waals surface area contributed by atoms with Gasteiger partial charge in [0.1, 0.15) is 5.84 Å². The van der Waals surface area contributed by atoms with Crippen LogP contribution in [-0.2, 0) is 12.8 Å². The van der Waals surface area contributed by atoms with Gasteiger partial charge in [-0.25, -0.2) is 0 Å². The fourth-order valence-electron chi connectivity index (χ4n) is 1.79. The lowest BCUT2D eigenvalue weighted by Crippen LogP contribution is -2.22. The molecule has 0 heterocycles. The Balaban J connectivity index is 1.82. The third kappa shape index (κ3) is 4.57. The van der Waals surface area contributed by atoms with Crippen LogP contribution in [0, 0.1) is 0 Å². The Kier molecular flexibility index (Phi) is 5.34. The zero-order valence-corrected chi connectivity index (χ0v) is 11.2. The van der Waals surface area contributed by atoms with Gasteiger partial charge in [-0.1, -0.05) is 60.7 Å². The van der Waals surface area contributed by atoms with Gasteiger partial charge >= 0.3 is 0 Å². The van der Waals surface area contributed by atoms with E-state index in [0.29, 0.717) is 12.3 Å². The first kappa shape index (κ1) is 13.8. The van der Waals surface area contributed by atoms with E-state index < -0.39 is 0 Å². The molecule has 0 aliphatic carbocycles. The molecule has 4 heteroatoms. The molecule has 102 valence electrons. The highest BCUT2D eigenvalue weighted by atomic mass is 15.3. The van der Waals surface area contributed by atoms with Crippen LogP contribution in [0.4, 0.5) is 0 Å². The van der Waals surface area contributed by atoms with Crippen LogP contribution < -0.4 is 11.3 Å². The van der Waals surface area contributed by atoms with E-state index in [0.717, 1.165) is 12.0 Å². The van der Waals surface area contributed by atoms with Crippen molar-refractivity contribution < 1.29 is 0 Å². The molecule has 0 aliphatic heterocycles. The normalized spacial score (nSPS) is 11.7. The molecule has 0 aromatic heterocycles. The van der Waals surface area contributed by atoms with Crippen LogP contribution in [-0.4, -0.2) is 12.1 Å². The molecule has 0 bridgehead atoms. The SMILES string of the molecule is N/N=C(\Cc1ccccc1)N/N=C\Cc1ccccc1. The summed E-state index contributed by atoms with van der Waals surface area (Å²) in [6, 6.07) is 20.2. The van der Waals surface area contributed by atoms with Gasteiger partial charge in [0, 0.05) is 19.1 Å². The van der Waals surface area contributed by atoms with Gasteiger partial charge in [-0.05, 0) is 11.1 Å². The number of hydrogen-bond acceptors (Lipinski definition) is 3. The highest BCUT2D eigenvalue weighted by Gasteiger charge is 1.98. The monoisotopic (exact) mass is 266 g/mol. The first-order valence-corrected chi connectivity index (χ1v) is 6.50. The number of nitrogens with two attached hydrogens (primary N) is 1. The largest absolute Gasteiger partial charge is 0.322 e. The molecule has 0 saturated carbocycles. The number of benzene rings is 2. The average molecular weight is 266 g/mol. The van der Waals surface area contributed by atoms with Crippen LogP contribution in [0.3, 0.4) is 0 Å². The Bertz CT molecular complexity index is 562. The Morgan fingerprint density at radius 2 is 1.55 bits per heavy atom. The molecule has 2 rings (SSSR count). The topological polar surface area (TPSA) is 62.8 Å². The van der Waals surface area contributed by atoms with E-state index in [1.54, 1.807) is 0 Å². The molecule has 0 atom stereocenters. The molecule has 2 aromatic carbocycles. The lowest BCUT2D eigenvalue weighted by atomic mass is 10.1. The fourth-order valence-corrected chi connectivity index (χ4v) is 1.79. The Hall–Kier alpha value is -2.62. The molecular weight excluding hydrogens is 248 g/mol. The van der Waals surface area contributed by atoms with E-state index in [4.69, 9.17) is 5.84 Å². The van der Waals surface area contributed by atoms with Crippen LogP contribution in [0.1, 0.15) is 11.1 Å². The molecule has 0 saturated heterocycles. The second kappa shape index (κ2) is 7.74. The van der Waals surface area contributed by atoms with Gasteiger partial charge in [0.2, 0.25) is 0 Å². The van der Waals surface area contributed by atoms with Gasteiger partial charge in [-0.3, -0.25) is 5.43 Å². The summed E-state index contributed by atoms with van der Waals surface area (Å²) in [6.45, 7) is 0. The van der Waals surface area contributed by atoms with Crippen molar-refractivity contribution in [3.8, 4) is 0 Å². The number of amidine groups is 1. The Labute approximate surface area is 119 Å². The van der Waals surface area contributed by atoms with E-state index in [1.807, 2.05) is 54.7 Å². The van der Waals surface area contributed by atoms with Crippen molar-refractivity contribution >= 4 is 12.1 Å². The summed E-state index contributed by atoms with van der Waals surface area (Å²) in [6.07, 6.45) is 3.22. The van der Waals surface area contributed by atoms with Gasteiger partial charge in [-0.2, -0.15) is 10.2 Å². The van der Waals surface area contributed by atoms with Gasteiger partial charge in [0.25, 0.3) is 0 Å². The quantitative estimate of drug-likeness (QED) is 0.377. The van der Waals surface area contributed by atoms with Gasteiger partial charge < -0.3 is 5.84 Å². The van der Waals surface area contributed by atoms with Crippen molar-refractivity contribution in [2.75, 3.05) is 0 Å². The van der Waals surface area contributed by atoms with Gasteiger partial charge in [0.15, 0.2) is 0 Å². The number of rotatable bonds is 5. The van der Waals surface area contributed by atoms with Crippen LogP contribution >= 0.6 is 0 Å². The van der Waals surface area contributed by atoms with Crippen LogP contribution in [0.15, 0.2) is 70.9 Å². The summed E-state index contributed by atoms with van der Waals surface area (Å²) < 4.78 is 0. The van der Waals surface area contributed by atoms with E-state index in [9.17, 15) is 0 Å². The molecular formula is C16H18N4. The first-order valence-electron chi connectivity index (χ1n) is 6.50. The number of nitrogens with zero attached hydrogens (tertiary/aromatic N) is 2. The molecule has 20 heavy (non-hydrogen) atoms. The first-order chi connectivity index (χ1) is 9.88. The predicted octanol–water partition coefficient (Wildman–Crippen LogP) is 2.32. The predicted molar refractivity (Wildman–Crippen MR) is 83.5 cm³/mol. The molecule has 0 aliphatic rings. The lowest BCUT2D eigenvalue weighted by Gasteiger charge is -2.04. The number of hydrazone groups is 2. The van der Waals surface area contributed by atoms with Crippen molar-refractivity contribution in [3.05, 3.63) is 71.8 Å². The maximum Gasteiger partial charge on any atom is 0.146 e. The summed E-state index contributed by atoms with van der Waals surface area (Å²) in [7, 11) is 0. The zero-order valence-electron chi connectivity index (χ0n) is 11.2. The van der Waals surface area contributed by atoms with Gasteiger partial charge in [0.05, 0.1) is 0 Å². The molecule has 0 unspecified atom stereocenters. The van der Waals surface area contributed by atoms with Crippen LogP contribution in [0.25, 0.3) is 0 Å². The van der Waals surface area contributed by atoms with Crippen LogP contribution in [0.5, 0.6) is 0 Å². The van der Waals surface area contributed by atoms with E-state index in [2.05, 4.69) is 27.8 Å². The fraction of sp³-hybridized carbons (Fsp3) is 0.125. The molecule has 0 fully saturated rings. The molecule has 0 radical (unpaired) electrons. The summed E-state index contributed by atoms with van der Waals surface area (Å²) in [5.41, 5.74) is 5.24. The van der Waals surface area contributed by atoms with Crippen molar-refractivity contribution in [3.63, 3.8) is 0 Å². The van der Waals surface area contributed by atoms with Crippen molar-refractivity contribution in [2.24, 2.45) is 16.0 Å². The second-order valence-corrected chi connectivity index (χ2v) is 4.35. The smallest absolute Gasteiger partial charge is 0.146 e. The zero-order chi connectivity index (χ0) is 14.0. The number of nitrogens with one attached hydrogen (secondary N) is 1. The lowest BCUT2D eigenvalue weighted by molar-refractivity contribution is 0.968. The molecule has 2 aromatic rings. The summed E-state index contributed by atoms with van der Waals surface area (Å²) in [4.78, 5) is 0. The summed E-state index contributed by atoms with van der Waals surface area (Å²) in [5.74, 6) is 6.00. The molecule has 4 nitrogen and oxygen atoms in total. The average Bonchev–Trinajstić information content (AvgIpc) is 2.52. The van der Waals surface area contributed by atoms with Crippen molar-refractivity contribution in [2.45, 2.75) is 12.8 Å². The van der Waals surface area contributed by atoms with E-state index >= 15 is 0 Å². The maximum absolute atomic E-state index is 5.37. The van der Waals surface area contributed by atoms with Crippen molar-refractivity contribution in [1.29, 1.82) is 0 Å². The summed E-state index contributed by atoms with van der Waals surface area (Å²) >= 11 is 0. The third-order valence-corrected chi connectivity index (χ3v) is 2.82. The summed E-state index contributed by atoms with van der Waals surface area (Å²) in [5, 5.41) is 7.87. The number of hydrogen-bond donors (Lipinski definition) is 2. The Morgan fingerprint density at radius 1 is 0.950 bits per heavy atom. The minimum atomic E-state index is 0.639. The van der Waals surface area contributed by atoms with Gasteiger partial charge in [-0.15, -0.1) is 0 Å². The minimum absolute atomic E-state index is 0.639.